The predicted octanol–water partition coefficient (Wildman–Crippen LogP) is 6.08. The molecule has 4 heteroatoms. The van der Waals surface area contributed by atoms with E-state index < -0.39 is 0 Å². The van der Waals surface area contributed by atoms with Crippen molar-refractivity contribution in [1.82, 2.24) is 0 Å². The van der Waals surface area contributed by atoms with E-state index in [1.807, 2.05) is 24.3 Å². The fourth-order valence-corrected chi connectivity index (χ4v) is 2.62. The number of ether oxygens (including phenoxy) is 1. The second kappa shape index (κ2) is 5.31. The maximum Gasteiger partial charge on any atom is 0.136 e. The number of hydrogen-bond donors (Lipinski definition) is 0. The Hall–Kier alpha value is -1.77. The number of benzene rings is 3. The van der Waals surface area contributed by atoms with Crippen LogP contribution in [0.3, 0.4) is 0 Å². The molecule has 3 aromatic carbocycles. The van der Waals surface area contributed by atoms with Crippen molar-refractivity contribution >= 4 is 34.0 Å². The van der Waals surface area contributed by atoms with Crippen molar-refractivity contribution < 1.29 is 9.13 Å². The third-order valence-corrected chi connectivity index (χ3v) is 3.41. The lowest BCUT2D eigenvalue weighted by atomic mass is 10.1. The smallest absolute Gasteiger partial charge is 0.136 e. The maximum atomic E-state index is 12.9. The predicted molar refractivity (Wildman–Crippen MR) is 80.4 cm³/mol. The molecule has 0 saturated heterocycles. The molecule has 0 heterocycles. The Morgan fingerprint density at radius 3 is 2.40 bits per heavy atom. The Morgan fingerprint density at radius 2 is 1.65 bits per heavy atom. The molecule has 0 radical (unpaired) electrons. The molecule has 0 amide bonds. The highest BCUT2D eigenvalue weighted by atomic mass is 35.5. The Bertz CT molecular complexity index is 769. The molecule has 0 aliphatic carbocycles. The largest absolute Gasteiger partial charge is 0.457 e. The SMILES string of the molecule is Fc1ccc(Oc2cccc3cc(Cl)cc(Cl)c23)cc1. The summed E-state index contributed by atoms with van der Waals surface area (Å²) >= 11 is 12.2. The summed E-state index contributed by atoms with van der Waals surface area (Å²) in [6.45, 7) is 0. The first-order valence-corrected chi connectivity index (χ1v) is 6.70. The minimum Gasteiger partial charge on any atom is -0.457 e. The molecule has 0 bridgehead atoms. The second-order valence-corrected chi connectivity index (χ2v) is 5.14. The van der Waals surface area contributed by atoms with Crippen LogP contribution in [0.2, 0.25) is 10.0 Å². The molecule has 3 rings (SSSR count). The molecule has 0 fully saturated rings. The zero-order valence-corrected chi connectivity index (χ0v) is 11.8. The molecule has 3 aromatic rings. The summed E-state index contributed by atoms with van der Waals surface area (Å²) in [6.07, 6.45) is 0. The third-order valence-electron chi connectivity index (χ3n) is 2.90. The van der Waals surface area contributed by atoms with E-state index in [4.69, 9.17) is 27.9 Å². The van der Waals surface area contributed by atoms with Gasteiger partial charge in [0.25, 0.3) is 0 Å². The van der Waals surface area contributed by atoms with Crippen molar-refractivity contribution in [2.75, 3.05) is 0 Å². The van der Waals surface area contributed by atoms with Crippen molar-refractivity contribution in [3.8, 4) is 11.5 Å². The molecule has 0 aromatic heterocycles. The summed E-state index contributed by atoms with van der Waals surface area (Å²) < 4.78 is 18.7. The second-order valence-electron chi connectivity index (χ2n) is 4.30. The highest BCUT2D eigenvalue weighted by Crippen LogP contribution is 2.36. The van der Waals surface area contributed by atoms with E-state index in [9.17, 15) is 4.39 Å². The Labute approximate surface area is 125 Å². The molecule has 0 saturated carbocycles. The Balaban J connectivity index is 2.09. The van der Waals surface area contributed by atoms with Crippen LogP contribution in [0.5, 0.6) is 11.5 Å². The first kappa shape index (κ1) is 13.2. The van der Waals surface area contributed by atoms with Gasteiger partial charge < -0.3 is 4.74 Å². The lowest BCUT2D eigenvalue weighted by Crippen LogP contribution is -1.87. The van der Waals surface area contributed by atoms with Gasteiger partial charge in [0.15, 0.2) is 0 Å². The number of rotatable bonds is 2. The molecular formula is C16H9Cl2FO. The number of halogens is 3. The molecule has 0 N–H and O–H groups in total. The lowest BCUT2D eigenvalue weighted by Gasteiger charge is -2.10. The van der Waals surface area contributed by atoms with Gasteiger partial charge >= 0.3 is 0 Å². The van der Waals surface area contributed by atoms with E-state index >= 15 is 0 Å². The molecule has 0 atom stereocenters. The van der Waals surface area contributed by atoms with Gasteiger partial charge in [-0.1, -0.05) is 35.3 Å². The van der Waals surface area contributed by atoms with Crippen LogP contribution in [0, 0.1) is 5.82 Å². The van der Waals surface area contributed by atoms with Crippen LogP contribution in [-0.2, 0) is 0 Å². The van der Waals surface area contributed by atoms with Crippen molar-refractivity contribution in [3.63, 3.8) is 0 Å². The monoisotopic (exact) mass is 306 g/mol. The summed E-state index contributed by atoms with van der Waals surface area (Å²) in [7, 11) is 0. The van der Waals surface area contributed by atoms with E-state index in [0.717, 1.165) is 10.8 Å². The minimum absolute atomic E-state index is 0.305. The van der Waals surface area contributed by atoms with Gasteiger partial charge in [-0.15, -0.1) is 0 Å². The summed E-state index contributed by atoms with van der Waals surface area (Å²) in [5, 5.41) is 2.76. The fraction of sp³-hybridized carbons (Fsp3) is 0. The van der Waals surface area contributed by atoms with Crippen LogP contribution in [0.25, 0.3) is 10.8 Å². The van der Waals surface area contributed by atoms with Gasteiger partial charge in [0, 0.05) is 10.4 Å². The normalized spacial score (nSPS) is 10.8. The molecule has 1 nitrogen and oxygen atoms in total. The van der Waals surface area contributed by atoms with E-state index in [1.165, 1.54) is 12.1 Å². The van der Waals surface area contributed by atoms with E-state index in [-0.39, 0.29) is 5.82 Å². The quantitative estimate of drug-likeness (QED) is 0.557. The van der Waals surface area contributed by atoms with Gasteiger partial charge in [-0.05, 0) is 47.9 Å². The van der Waals surface area contributed by atoms with Crippen LogP contribution in [0.15, 0.2) is 54.6 Å². The molecule has 0 aliphatic heterocycles. The van der Waals surface area contributed by atoms with Gasteiger partial charge in [0.1, 0.15) is 17.3 Å². The Morgan fingerprint density at radius 1 is 0.900 bits per heavy atom. The van der Waals surface area contributed by atoms with Gasteiger partial charge in [-0.2, -0.15) is 0 Å². The van der Waals surface area contributed by atoms with Crippen LogP contribution < -0.4 is 4.74 Å². The fourth-order valence-electron chi connectivity index (χ4n) is 2.02. The van der Waals surface area contributed by atoms with Crippen molar-refractivity contribution in [2.24, 2.45) is 0 Å². The molecule has 100 valence electrons. The highest BCUT2D eigenvalue weighted by molar-refractivity contribution is 6.39. The molecule has 0 spiro atoms. The van der Waals surface area contributed by atoms with Gasteiger partial charge in [-0.3, -0.25) is 0 Å². The number of hydrogen-bond acceptors (Lipinski definition) is 1. The molecule has 0 aliphatic rings. The maximum absolute atomic E-state index is 12.9. The van der Waals surface area contributed by atoms with Crippen LogP contribution in [0.4, 0.5) is 4.39 Å². The van der Waals surface area contributed by atoms with E-state index in [2.05, 4.69) is 0 Å². The van der Waals surface area contributed by atoms with Gasteiger partial charge in [0.2, 0.25) is 0 Å². The highest BCUT2D eigenvalue weighted by Gasteiger charge is 2.08. The zero-order valence-electron chi connectivity index (χ0n) is 10.2. The average molecular weight is 307 g/mol. The van der Waals surface area contributed by atoms with E-state index in [1.54, 1.807) is 18.2 Å². The van der Waals surface area contributed by atoms with Crippen molar-refractivity contribution in [3.05, 3.63) is 70.5 Å². The van der Waals surface area contributed by atoms with Crippen molar-refractivity contribution in [2.45, 2.75) is 0 Å². The Kier molecular flexibility index (Phi) is 3.51. The summed E-state index contributed by atoms with van der Waals surface area (Å²) in [5.41, 5.74) is 0. The van der Waals surface area contributed by atoms with Crippen molar-refractivity contribution in [1.29, 1.82) is 0 Å². The molecule has 0 unspecified atom stereocenters. The topological polar surface area (TPSA) is 9.23 Å². The van der Waals surface area contributed by atoms with Crippen LogP contribution >= 0.6 is 23.2 Å². The first-order valence-electron chi connectivity index (χ1n) is 5.95. The molecular weight excluding hydrogens is 298 g/mol. The lowest BCUT2D eigenvalue weighted by molar-refractivity contribution is 0.486. The minimum atomic E-state index is -0.305. The zero-order chi connectivity index (χ0) is 14.1. The van der Waals surface area contributed by atoms with Crippen LogP contribution in [0.1, 0.15) is 0 Å². The van der Waals surface area contributed by atoms with E-state index in [0.29, 0.717) is 21.5 Å². The standard InChI is InChI=1S/C16H9Cl2FO/c17-11-8-10-2-1-3-15(16(10)14(18)9-11)20-13-6-4-12(19)5-7-13/h1-9H. The van der Waals surface area contributed by atoms with Gasteiger partial charge in [0.05, 0.1) is 5.02 Å². The summed E-state index contributed by atoms with van der Waals surface area (Å²) in [6, 6.07) is 14.9. The average Bonchev–Trinajstić information content (AvgIpc) is 2.41. The summed E-state index contributed by atoms with van der Waals surface area (Å²) in [4.78, 5) is 0. The van der Waals surface area contributed by atoms with Gasteiger partial charge in [-0.25, -0.2) is 4.39 Å². The first-order chi connectivity index (χ1) is 9.63. The van der Waals surface area contributed by atoms with Crippen LogP contribution in [-0.4, -0.2) is 0 Å². The summed E-state index contributed by atoms with van der Waals surface area (Å²) in [5.74, 6) is 0.848. The molecule has 20 heavy (non-hydrogen) atoms. The third kappa shape index (κ3) is 2.58. The number of fused-ring (bicyclic) bond motifs is 1.